The van der Waals surface area contributed by atoms with E-state index >= 15 is 0 Å². The summed E-state index contributed by atoms with van der Waals surface area (Å²) in [7, 11) is -3.85. The van der Waals surface area contributed by atoms with Gasteiger partial charge in [-0.2, -0.15) is 4.31 Å². The molecule has 0 aromatic heterocycles. The first kappa shape index (κ1) is 22.4. The van der Waals surface area contributed by atoms with Crippen LogP contribution in [-0.2, 0) is 21.4 Å². The lowest BCUT2D eigenvalue weighted by molar-refractivity contribution is -0.121. The van der Waals surface area contributed by atoms with Crippen molar-refractivity contribution in [3.05, 3.63) is 64.7 Å². The fourth-order valence-corrected chi connectivity index (χ4v) is 4.10. The van der Waals surface area contributed by atoms with Crippen LogP contribution < -0.4 is 5.32 Å². The molecular formula is C21H27ClN2O3S. The number of nitrogens with zero attached hydrogens (tertiary/aromatic N) is 1. The molecular weight excluding hydrogens is 396 g/mol. The van der Waals surface area contributed by atoms with Crippen molar-refractivity contribution in [2.24, 2.45) is 5.41 Å². The molecule has 0 radical (unpaired) electrons. The Labute approximate surface area is 172 Å². The SMILES string of the molecule is Cc1ccc(S(=O)(=O)N(CC(=O)NCC(C)(C)C)Cc2cccc(Cl)c2)cc1. The van der Waals surface area contributed by atoms with Crippen LogP contribution in [0.5, 0.6) is 0 Å². The fraction of sp³-hybridized carbons (Fsp3) is 0.381. The van der Waals surface area contributed by atoms with E-state index in [1.54, 1.807) is 48.5 Å². The summed E-state index contributed by atoms with van der Waals surface area (Å²) in [5, 5.41) is 3.33. The molecule has 0 saturated carbocycles. The number of halogens is 1. The zero-order chi connectivity index (χ0) is 20.9. The van der Waals surface area contributed by atoms with E-state index in [9.17, 15) is 13.2 Å². The maximum atomic E-state index is 13.2. The summed E-state index contributed by atoms with van der Waals surface area (Å²) < 4.78 is 27.5. The predicted molar refractivity (Wildman–Crippen MR) is 113 cm³/mol. The molecule has 0 unspecified atom stereocenters. The van der Waals surface area contributed by atoms with E-state index in [1.807, 2.05) is 27.7 Å². The van der Waals surface area contributed by atoms with Crippen molar-refractivity contribution in [1.82, 2.24) is 9.62 Å². The summed E-state index contributed by atoms with van der Waals surface area (Å²) in [5.41, 5.74) is 1.58. The molecule has 0 aliphatic heterocycles. The van der Waals surface area contributed by atoms with E-state index in [1.165, 1.54) is 4.31 Å². The zero-order valence-electron chi connectivity index (χ0n) is 16.7. The molecule has 0 spiro atoms. The van der Waals surface area contributed by atoms with Gasteiger partial charge in [0.05, 0.1) is 11.4 Å². The molecule has 1 N–H and O–H groups in total. The van der Waals surface area contributed by atoms with Gasteiger partial charge in [-0.25, -0.2) is 8.42 Å². The molecule has 0 aliphatic carbocycles. The highest BCUT2D eigenvalue weighted by molar-refractivity contribution is 7.89. The van der Waals surface area contributed by atoms with E-state index < -0.39 is 10.0 Å². The summed E-state index contributed by atoms with van der Waals surface area (Å²) in [6, 6.07) is 13.6. The summed E-state index contributed by atoms with van der Waals surface area (Å²) in [5.74, 6) is -0.340. The molecule has 0 saturated heterocycles. The lowest BCUT2D eigenvalue weighted by Crippen LogP contribution is -2.42. The van der Waals surface area contributed by atoms with E-state index in [0.717, 1.165) is 5.56 Å². The Morgan fingerprint density at radius 1 is 1.11 bits per heavy atom. The second kappa shape index (κ2) is 9.07. The highest BCUT2D eigenvalue weighted by Gasteiger charge is 2.27. The number of nitrogens with one attached hydrogen (secondary N) is 1. The zero-order valence-corrected chi connectivity index (χ0v) is 18.3. The first-order valence-corrected chi connectivity index (χ1v) is 10.9. The van der Waals surface area contributed by atoms with Crippen molar-refractivity contribution in [2.75, 3.05) is 13.1 Å². The summed E-state index contributed by atoms with van der Waals surface area (Å²) >= 11 is 6.04. The van der Waals surface area contributed by atoms with Crippen LogP contribution in [0.3, 0.4) is 0 Å². The Hall–Kier alpha value is -1.89. The Morgan fingerprint density at radius 3 is 2.32 bits per heavy atom. The number of rotatable bonds is 7. The first-order valence-electron chi connectivity index (χ1n) is 9.05. The predicted octanol–water partition coefficient (Wildman–Crippen LogP) is 4.00. The summed E-state index contributed by atoms with van der Waals surface area (Å²) in [6.45, 7) is 8.14. The normalized spacial score (nSPS) is 12.2. The second-order valence-electron chi connectivity index (χ2n) is 8.05. The Balaban J connectivity index is 2.29. The third-order valence-electron chi connectivity index (χ3n) is 4.04. The molecule has 5 nitrogen and oxygen atoms in total. The number of sulfonamides is 1. The number of carbonyl (C=O) groups is 1. The first-order chi connectivity index (χ1) is 13.0. The van der Waals surface area contributed by atoms with E-state index in [4.69, 9.17) is 11.6 Å². The monoisotopic (exact) mass is 422 g/mol. The van der Waals surface area contributed by atoms with Gasteiger partial charge in [-0.05, 0) is 42.2 Å². The van der Waals surface area contributed by atoms with Crippen LogP contribution in [0.25, 0.3) is 0 Å². The Kier molecular flexibility index (Phi) is 7.26. The van der Waals surface area contributed by atoms with E-state index in [-0.39, 0.29) is 29.3 Å². The van der Waals surface area contributed by atoms with Gasteiger partial charge in [-0.3, -0.25) is 4.79 Å². The molecule has 0 bridgehead atoms. The van der Waals surface area contributed by atoms with E-state index in [2.05, 4.69) is 5.32 Å². The largest absolute Gasteiger partial charge is 0.354 e. The van der Waals surface area contributed by atoms with Crippen LogP contribution in [0, 0.1) is 12.3 Å². The van der Waals surface area contributed by atoms with Crippen LogP contribution in [-0.4, -0.2) is 31.7 Å². The van der Waals surface area contributed by atoms with Gasteiger partial charge in [0.1, 0.15) is 0 Å². The third kappa shape index (κ3) is 6.62. The summed E-state index contributed by atoms with van der Waals surface area (Å²) in [6.07, 6.45) is 0. The van der Waals surface area contributed by atoms with Crippen LogP contribution in [0.4, 0.5) is 0 Å². The topological polar surface area (TPSA) is 66.5 Å². The van der Waals surface area contributed by atoms with Crippen molar-refractivity contribution in [2.45, 2.75) is 39.1 Å². The highest BCUT2D eigenvalue weighted by Crippen LogP contribution is 2.20. The standard InChI is InChI=1S/C21H27ClN2O3S/c1-16-8-10-19(11-9-16)28(26,27)24(13-17-6-5-7-18(22)12-17)14-20(25)23-15-21(2,3)4/h5-12H,13-15H2,1-4H3,(H,23,25). The van der Waals surface area contributed by atoms with Gasteiger partial charge in [0, 0.05) is 18.1 Å². The third-order valence-corrected chi connectivity index (χ3v) is 6.08. The maximum Gasteiger partial charge on any atom is 0.243 e. The number of amides is 1. The number of benzene rings is 2. The summed E-state index contributed by atoms with van der Waals surface area (Å²) in [4.78, 5) is 12.6. The maximum absolute atomic E-state index is 13.2. The molecule has 0 heterocycles. The van der Waals surface area contributed by atoms with Gasteiger partial charge in [0.2, 0.25) is 15.9 Å². The second-order valence-corrected chi connectivity index (χ2v) is 10.4. The number of hydrogen-bond acceptors (Lipinski definition) is 3. The van der Waals surface area contributed by atoms with Gasteiger partial charge in [-0.1, -0.05) is 62.2 Å². The number of hydrogen-bond donors (Lipinski definition) is 1. The van der Waals surface area contributed by atoms with Gasteiger partial charge >= 0.3 is 0 Å². The van der Waals surface area contributed by atoms with Crippen LogP contribution in [0.15, 0.2) is 53.4 Å². The van der Waals surface area contributed by atoms with Crippen molar-refractivity contribution >= 4 is 27.5 Å². The van der Waals surface area contributed by atoms with Gasteiger partial charge in [0.25, 0.3) is 0 Å². The van der Waals surface area contributed by atoms with Crippen LogP contribution >= 0.6 is 11.6 Å². The van der Waals surface area contributed by atoms with Crippen molar-refractivity contribution < 1.29 is 13.2 Å². The van der Waals surface area contributed by atoms with Crippen LogP contribution in [0.1, 0.15) is 31.9 Å². The molecule has 28 heavy (non-hydrogen) atoms. The van der Waals surface area contributed by atoms with Crippen LogP contribution in [0.2, 0.25) is 5.02 Å². The lowest BCUT2D eigenvalue weighted by Gasteiger charge is -2.24. The van der Waals surface area contributed by atoms with E-state index in [0.29, 0.717) is 17.1 Å². The van der Waals surface area contributed by atoms with Crippen molar-refractivity contribution in [3.8, 4) is 0 Å². The molecule has 0 atom stereocenters. The minimum Gasteiger partial charge on any atom is -0.354 e. The Morgan fingerprint density at radius 2 is 1.75 bits per heavy atom. The molecule has 152 valence electrons. The molecule has 0 fully saturated rings. The molecule has 2 rings (SSSR count). The minimum atomic E-state index is -3.85. The average Bonchev–Trinajstić information content (AvgIpc) is 2.59. The minimum absolute atomic E-state index is 0.0553. The lowest BCUT2D eigenvalue weighted by atomic mass is 9.97. The molecule has 7 heteroatoms. The van der Waals surface area contributed by atoms with Crippen molar-refractivity contribution in [1.29, 1.82) is 0 Å². The van der Waals surface area contributed by atoms with Gasteiger partial charge < -0.3 is 5.32 Å². The molecule has 2 aromatic rings. The number of carbonyl (C=O) groups excluding carboxylic acids is 1. The Bertz CT molecular complexity index is 919. The molecule has 1 amide bonds. The molecule has 0 aliphatic rings. The quantitative estimate of drug-likeness (QED) is 0.733. The average molecular weight is 423 g/mol. The number of aryl methyl sites for hydroxylation is 1. The smallest absolute Gasteiger partial charge is 0.243 e. The van der Waals surface area contributed by atoms with Gasteiger partial charge in [-0.15, -0.1) is 0 Å². The fourth-order valence-electron chi connectivity index (χ4n) is 2.50. The van der Waals surface area contributed by atoms with Gasteiger partial charge in [0.15, 0.2) is 0 Å². The highest BCUT2D eigenvalue weighted by atomic mass is 35.5. The molecule has 2 aromatic carbocycles. The van der Waals surface area contributed by atoms with Crippen molar-refractivity contribution in [3.63, 3.8) is 0 Å².